The van der Waals surface area contributed by atoms with E-state index in [1.807, 2.05) is 36.7 Å². The van der Waals surface area contributed by atoms with Crippen LogP contribution in [0.15, 0.2) is 22.7 Å². The van der Waals surface area contributed by atoms with Gasteiger partial charge in [-0.2, -0.15) is 5.10 Å². The first-order chi connectivity index (χ1) is 9.52. The molecule has 2 N–H and O–H groups in total. The van der Waals surface area contributed by atoms with Gasteiger partial charge in [0.15, 0.2) is 5.65 Å². The van der Waals surface area contributed by atoms with E-state index in [0.717, 1.165) is 33.4 Å². The highest BCUT2D eigenvalue weighted by atomic mass is 79.9. The average Bonchev–Trinajstić information content (AvgIpc) is 2.90. The summed E-state index contributed by atoms with van der Waals surface area (Å²) in [5.41, 5.74) is 9.46. The molecule has 0 saturated carbocycles. The summed E-state index contributed by atoms with van der Waals surface area (Å²) in [5, 5.41) is 5.08. The lowest BCUT2D eigenvalue weighted by Gasteiger charge is -2.09. The van der Waals surface area contributed by atoms with Crippen molar-refractivity contribution < 1.29 is 0 Å². The maximum atomic E-state index is 6.30. The third kappa shape index (κ3) is 1.91. The van der Waals surface area contributed by atoms with Gasteiger partial charge in [0.25, 0.3) is 0 Å². The summed E-state index contributed by atoms with van der Waals surface area (Å²) in [6.07, 6.45) is 0.806. The van der Waals surface area contributed by atoms with E-state index in [0.29, 0.717) is 11.0 Å². The predicted molar refractivity (Wildman–Crippen MR) is 84.3 cm³/mol. The van der Waals surface area contributed by atoms with Crippen LogP contribution in [0.1, 0.15) is 12.6 Å². The number of benzene rings is 1. The lowest BCUT2D eigenvalue weighted by Crippen LogP contribution is -2.05. The van der Waals surface area contributed by atoms with E-state index in [2.05, 4.69) is 26.0 Å². The molecule has 104 valence electrons. The molecule has 0 aliphatic heterocycles. The normalized spacial score (nSPS) is 11.4. The number of aromatic nitrogens is 4. The van der Waals surface area contributed by atoms with E-state index in [4.69, 9.17) is 17.3 Å². The van der Waals surface area contributed by atoms with Gasteiger partial charge >= 0.3 is 0 Å². The standard InChI is InChI=1S/C13H13BrClN5/c1-3-9-11-12(19(2)18-9)20(13(16)17-11)10-6-7(14)4-5-8(10)15/h4-6H,3H2,1-2H3,(H2,16,17). The third-order valence-corrected chi connectivity index (χ3v) is 4.03. The minimum atomic E-state index is 0.405. The highest BCUT2D eigenvalue weighted by molar-refractivity contribution is 9.10. The Labute approximate surface area is 129 Å². The Morgan fingerprint density at radius 3 is 2.85 bits per heavy atom. The topological polar surface area (TPSA) is 61.7 Å². The van der Waals surface area contributed by atoms with Crippen molar-refractivity contribution in [3.63, 3.8) is 0 Å². The number of aryl methyl sites for hydroxylation is 2. The van der Waals surface area contributed by atoms with Crippen LogP contribution in [0.5, 0.6) is 0 Å². The van der Waals surface area contributed by atoms with Crippen LogP contribution in [0.4, 0.5) is 5.95 Å². The van der Waals surface area contributed by atoms with Gasteiger partial charge in [-0.05, 0) is 24.6 Å². The van der Waals surface area contributed by atoms with Crippen LogP contribution in [0.2, 0.25) is 5.02 Å². The number of imidazole rings is 1. The SMILES string of the molecule is CCc1nn(C)c2c1nc(N)n2-c1cc(Br)ccc1Cl. The van der Waals surface area contributed by atoms with Crippen molar-refractivity contribution in [2.45, 2.75) is 13.3 Å². The van der Waals surface area contributed by atoms with E-state index in [1.165, 1.54) is 0 Å². The van der Waals surface area contributed by atoms with Gasteiger partial charge in [-0.25, -0.2) is 9.67 Å². The van der Waals surface area contributed by atoms with Gasteiger partial charge in [-0.15, -0.1) is 0 Å². The van der Waals surface area contributed by atoms with Gasteiger partial charge in [0.1, 0.15) is 5.52 Å². The first kappa shape index (κ1) is 13.5. The number of nitrogen functional groups attached to an aromatic ring is 1. The largest absolute Gasteiger partial charge is 0.369 e. The second kappa shape index (κ2) is 4.79. The van der Waals surface area contributed by atoms with Gasteiger partial charge in [-0.1, -0.05) is 34.5 Å². The minimum absolute atomic E-state index is 0.405. The summed E-state index contributed by atoms with van der Waals surface area (Å²) < 4.78 is 4.54. The molecule has 0 atom stereocenters. The monoisotopic (exact) mass is 353 g/mol. The molecule has 0 radical (unpaired) electrons. The average molecular weight is 355 g/mol. The van der Waals surface area contributed by atoms with Crippen LogP contribution < -0.4 is 5.73 Å². The molecule has 3 aromatic rings. The van der Waals surface area contributed by atoms with E-state index in [9.17, 15) is 0 Å². The maximum absolute atomic E-state index is 6.30. The number of nitrogens with two attached hydrogens (primary N) is 1. The van der Waals surface area contributed by atoms with Crippen molar-refractivity contribution >= 4 is 44.6 Å². The number of rotatable bonds is 2. The zero-order valence-corrected chi connectivity index (χ0v) is 13.4. The number of halogens is 2. The summed E-state index contributed by atoms with van der Waals surface area (Å²) >= 11 is 9.75. The van der Waals surface area contributed by atoms with Crippen molar-refractivity contribution in [3.05, 3.63) is 33.4 Å². The van der Waals surface area contributed by atoms with Gasteiger partial charge in [0, 0.05) is 11.5 Å². The molecular weight excluding hydrogens is 342 g/mol. The van der Waals surface area contributed by atoms with Crippen molar-refractivity contribution in [1.82, 2.24) is 19.3 Å². The molecule has 0 saturated heterocycles. The van der Waals surface area contributed by atoms with Crippen LogP contribution in [0.3, 0.4) is 0 Å². The number of nitrogens with zero attached hydrogens (tertiary/aromatic N) is 4. The summed E-state index contributed by atoms with van der Waals surface area (Å²) in [6.45, 7) is 2.04. The minimum Gasteiger partial charge on any atom is -0.369 e. The molecule has 5 nitrogen and oxygen atoms in total. The molecule has 2 aromatic heterocycles. The summed E-state index contributed by atoms with van der Waals surface area (Å²) in [6, 6.07) is 5.62. The number of hydrogen-bond donors (Lipinski definition) is 1. The fourth-order valence-corrected chi connectivity index (χ4v) is 2.88. The molecule has 3 rings (SSSR count). The predicted octanol–water partition coefficient (Wildman–Crippen LogP) is 3.32. The van der Waals surface area contributed by atoms with E-state index in [-0.39, 0.29) is 0 Å². The molecule has 0 aliphatic rings. The number of hydrogen-bond acceptors (Lipinski definition) is 3. The number of anilines is 1. The van der Waals surface area contributed by atoms with E-state index >= 15 is 0 Å². The molecule has 2 heterocycles. The Bertz CT molecular complexity index is 805. The van der Waals surface area contributed by atoms with Crippen molar-refractivity contribution in [3.8, 4) is 5.69 Å². The van der Waals surface area contributed by atoms with Crippen LogP contribution in [0.25, 0.3) is 16.9 Å². The summed E-state index contributed by atoms with van der Waals surface area (Å²) in [7, 11) is 1.88. The summed E-state index contributed by atoms with van der Waals surface area (Å²) in [5.74, 6) is 0.405. The zero-order valence-electron chi connectivity index (χ0n) is 11.1. The van der Waals surface area contributed by atoms with Crippen LogP contribution >= 0.6 is 27.5 Å². The first-order valence-electron chi connectivity index (χ1n) is 6.18. The van der Waals surface area contributed by atoms with E-state index in [1.54, 1.807) is 4.68 Å². The second-order valence-electron chi connectivity index (χ2n) is 4.50. The Morgan fingerprint density at radius 1 is 1.40 bits per heavy atom. The molecule has 20 heavy (non-hydrogen) atoms. The highest BCUT2D eigenvalue weighted by Crippen LogP contribution is 2.31. The fourth-order valence-electron chi connectivity index (χ4n) is 2.33. The van der Waals surface area contributed by atoms with Gasteiger partial charge in [0.2, 0.25) is 5.95 Å². The van der Waals surface area contributed by atoms with Crippen LogP contribution in [-0.4, -0.2) is 19.3 Å². The highest BCUT2D eigenvalue weighted by Gasteiger charge is 2.19. The quantitative estimate of drug-likeness (QED) is 0.768. The van der Waals surface area contributed by atoms with Gasteiger partial charge in [0.05, 0.1) is 16.4 Å². The van der Waals surface area contributed by atoms with Crippen LogP contribution in [0, 0.1) is 0 Å². The van der Waals surface area contributed by atoms with Crippen molar-refractivity contribution in [2.24, 2.45) is 7.05 Å². The lowest BCUT2D eigenvalue weighted by molar-refractivity contribution is 0.751. The first-order valence-corrected chi connectivity index (χ1v) is 7.35. The van der Waals surface area contributed by atoms with Gasteiger partial charge < -0.3 is 5.73 Å². The second-order valence-corrected chi connectivity index (χ2v) is 5.82. The molecule has 0 amide bonds. The maximum Gasteiger partial charge on any atom is 0.207 e. The number of fused-ring (bicyclic) bond motifs is 1. The van der Waals surface area contributed by atoms with Crippen molar-refractivity contribution in [2.75, 3.05) is 5.73 Å². The molecule has 0 spiro atoms. The molecule has 0 aliphatic carbocycles. The summed E-state index contributed by atoms with van der Waals surface area (Å²) in [4.78, 5) is 4.44. The smallest absolute Gasteiger partial charge is 0.207 e. The molecule has 0 unspecified atom stereocenters. The van der Waals surface area contributed by atoms with Gasteiger partial charge in [-0.3, -0.25) is 4.57 Å². The lowest BCUT2D eigenvalue weighted by atomic mass is 10.3. The molecule has 0 bridgehead atoms. The molecule has 7 heteroatoms. The Kier molecular flexibility index (Phi) is 3.22. The third-order valence-electron chi connectivity index (χ3n) is 3.21. The van der Waals surface area contributed by atoms with Crippen LogP contribution in [-0.2, 0) is 13.5 Å². The molecule has 0 fully saturated rings. The Morgan fingerprint density at radius 2 is 2.15 bits per heavy atom. The van der Waals surface area contributed by atoms with Crippen molar-refractivity contribution in [1.29, 1.82) is 0 Å². The molecular formula is C13H13BrClN5. The zero-order chi connectivity index (χ0) is 14.4. The Hall–Kier alpha value is -1.53. The Balaban J connectivity index is 2.39. The fraction of sp³-hybridized carbons (Fsp3) is 0.231. The molecule has 1 aromatic carbocycles. The van der Waals surface area contributed by atoms with E-state index < -0.39 is 0 Å².